The minimum atomic E-state index is -3.11. The number of carbonyl (C=O) groups is 2. The van der Waals surface area contributed by atoms with Crippen molar-refractivity contribution in [3.63, 3.8) is 0 Å². The third-order valence-electron chi connectivity index (χ3n) is 5.80. The molecule has 154 valence electrons. The van der Waals surface area contributed by atoms with Gasteiger partial charge < -0.3 is 9.64 Å². The molecule has 7 nitrogen and oxygen atoms in total. The van der Waals surface area contributed by atoms with Gasteiger partial charge in [-0.25, -0.2) is 13.2 Å². The number of aromatic nitrogens is 1. The van der Waals surface area contributed by atoms with Gasteiger partial charge >= 0.3 is 5.97 Å². The fourth-order valence-electron chi connectivity index (χ4n) is 4.44. The molecule has 2 fully saturated rings. The number of pyridine rings is 1. The van der Waals surface area contributed by atoms with Crippen LogP contribution in [0.1, 0.15) is 42.5 Å². The Morgan fingerprint density at radius 3 is 2.59 bits per heavy atom. The first-order chi connectivity index (χ1) is 13.9. The molecule has 1 unspecified atom stereocenters. The summed E-state index contributed by atoms with van der Waals surface area (Å²) in [5.41, 5.74) is 1.04. The first kappa shape index (κ1) is 19.8. The Hall–Kier alpha value is -2.48. The maximum Gasteiger partial charge on any atom is 0.339 e. The van der Waals surface area contributed by atoms with Crippen LogP contribution in [0.5, 0.6) is 0 Å². The first-order valence-corrected chi connectivity index (χ1v) is 11.8. The molecule has 2 heterocycles. The number of sulfone groups is 1. The van der Waals surface area contributed by atoms with Crippen molar-refractivity contribution in [1.29, 1.82) is 0 Å². The van der Waals surface area contributed by atoms with E-state index >= 15 is 0 Å². The number of fused-ring (bicyclic) bond motifs is 1. The number of amides is 1. The Labute approximate surface area is 170 Å². The summed E-state index contributed by atoms with van der Waals surface area (Å²) < 4.78 is 29.2. The Bertz CT molecular complexity index is 1030. The highest BCUT2D eigenvalue weighted by molar-refractivity contribution is 7.91. The topological polar surface area (TPSA) is 93.6 Å². The lowest BCUT2D eigenvalue weighted by Crippen LogP contribution is -2.48. The monoisotopic (exact) mass is 416 g/mol. The summed E-state index contributed by atoms with van der Waals surface area (Å²) in [5.74, 6) is -0.789. The van der Waals surface area contributed by atoms with Gasteiger partial charge in [-0.1, -0.05) is 25.0 Å². The van der Waals surface area contributed by atoms with E-state index in [4.69, 9.17) is 4.74 Å². The van der Waals surface area contributed by atoms with Gasteiger partial charge in [-0.05, 0) is 37.5 Å². The summed E-state index contributed by atoms with van der Waals surface area (Å²) in [6.07, 6.45) is 5.88. The first-order valence-electron chi connectivity index (χ1n) is 9.97. The average molecular weight is 416 g/mol. The van der Waals surface area contributed by atoms with Gasteiger partial charge in [0.15, 0.2) is 16.4 Å². The van der Waals surface area contributed by atoms with Crippen LogP contribution < -0.4 is 0 Å². The summed E-state index contributed by atoms with van der Waals surface area (Å²) in [5, 5.41) is 0.669. The van der Waals surface area contributed by atoms with Crippen LogP contribution in [-0.2, 0) is 19.4 Å². The van der Waals surface area contributed by atoms with Crippen LogP contribution >= 0.6 is 0 Å². The molecule has 1 saturated carbocycles. The third kappa shape index (κ3) is 4.27. The van der Waals surface area contributed by atoms with Crippen molar-refractivity contribution in [3.05, 3.63) is 42.1 Å². The molecule has 0 radical (unpaired) electrons. The van der Waals surface area contributed by atoms with Gasteiger partial charge in [0.05, 0.1) is 22.6 Å². The number of ether oxygens (including phenoxy) is 1. The molecule has 0 bridgehead atoms. The van der Waals surface area contributed by atoms with Gasteiger partial charge in [0.2, 0.25) is 0 Å². The fraction of sp³-hybridized carbons (Fsp3) is 0.476. The molecule has 0 spiro atoms. The summed E-state index contributed by atoms with van der Waals surface area (Å²) in [4.78, 5) is 31.5. The van der Waals surface area contributed by atoms with Crippen molar-refractivity contribution >= 4 is 32.6 Å². The van der Waals surface area contributed by atoms with Crippen molar-refractivity contribution in [3.8, 4) is 0 Å². The van der Waals surface area contributed by atoms with Crippen LogP contribution in [0.15, 0.2) is 36.5 Å². The van der Waals surface area contributed by atoms with Crippen molar-refractivity contribution in [2.45, 2.75) is 44.2 Å². The Kier molecular flexibility index (Phi) is 5.54. The zero-order chi connectivity index (χ0) is 20.4. The zero-order valence-electron chi connectivity index (χ0n) is 16.1. The molecular weight excluding hydrogens is 392 g/mol. The second-order valence-corrected chi connectivity index (χ2v) is 9.98. The van der Waals surface area contributed by atoms with Crippen LogP contribution in [0.3, 0.4) is 0 Å². The molecule has 1 aromatic heterocycles. The largest absolute Gasteiger partial charge is 0.452 e. The average Bonchev–Trinajstić information content (AvgIpc) is 3.36. The van der Waals surface area contributed by atoms with Gasteiger partial charge in [0.1, 0.15) is 0 Å². The minimum absolute atomic E-state index is 0.00181. The third-order valence-corrected chi connectivity index (χ3v) is 7.55. The number of hydrogen-bond acceptors (Lipinski definition) is 6. The number of hydrogen-bond donors (Lipinski definition) is 0. The predicted octanol–water partition coefficient (Wildman–Crippen LogP) is 2.35. The molecule has 29 heavy (non-hydrogen) atoms. The lowest BCUT2D eigenvalue weighted by atomic mass is 10.1. The lowest BCUT2D eigenvalue weighted by Gasteiger charge is -2.33. The normalized spacial score (nSPS) is 21.3. The second kappa shape index (κ2) is 8.10. The fourth-order valence-corrected chi connectivity index (χ4v) is 6.15. The molecule has 2 aliphatic rings. The summed E-state index contributed by atoms with van der Waals surface area (Å²) in [6.45, 7) is -0.386. The molecule has 1 aliphatic carbocycles. The van der Waals surface area contributed by atoms with Gasteiger partial charge in [-0.3, -0.25) is 9.78 Å². The highest BCUT2D eigenvalue weighted by Crippen LogP contribution is 2.29. The minimum Gasteiger partial charge on any atom is -0.452 e. The van der Waals surface area contributed by atoms with Crippen LogP contribution in [0, 0.1) is 0 Å². The molecule has 1 saturated heterocycles. The van der Waals surface area contributed by atoms with E-state index in [0.717, 1.165) is 25.7 Å². The highest BCUT2D eigenvalue weighted by Gasteiger charge is 2.39. The summed E-state index contributed by atoms with van der Waals surface area (Å²) in [6, 6.07) is 8.41. The summed E-state index contributed by atoms with van der Waals surface area (Å²) >= 11 is 0. The maximum atomic E-state index is 13.0. The molecule has 1 aromatic carbocycles. The van der Waals surface area contributed by atoms with Crippen LogP contribution in [-0.4, -0.2) is 60.4 Å². The van der Waals surface area contributed by atoms with E-state index in [9.17, 15) is 18.0 Å². The molecular formula is C21H24N2O5S. The van der Waals surface area contributed by atoms with Crippen LogP contribution in [0.2, 0.25) is 0 Å². The van der Waals surface area contributed by atoms with E-state index in [-0.39, 0.29) is 36.1 Å². The quantitative estimate of drug-likeness (QED) is 0.695. The predicted molar refractivity (Wildman–Crippen MR) is 108 cm³/mol. The second-order valence-electron chi connectivity index (χ2n) is 7.75. The molecule has 1 aliphatic heterocycles. The summed E-state index contributed by atoms with van der Waals surface area (Å²) in [7, 11) is -3.11. The van der Waals surface area contributed by atoms with E-state index in [0.29, 0.717) is 22.9 Å². The molecule has 8 heteroatoms. The lowest BCUT2D eigenvalue weighted by molar-refractivity contribution is -0.139. The SMILES string of the molecule is O=C(OCC(=O)N(C1CCCC1)C1CCS(=O)(=O)C1)c1cccc2ncccc12. The molecule has 2 aromatic rings. The number of carbonyl (C=O) groups excluding carboxylic acids is 2. The van der Waals surface area contributed by atoms with E-state index < -0.39 is 15.8 Å². The van der Waals surface area contributed by atoms with Gasteiger partial charge in [0, 0.05) is 23.7 Å². The van der Waals surface area contributed by atoms with Gasteiger partial charge in [-0.15, -0.1) is 0 Å². The van der Waals surface area contributed by atoms with E-state index in [1.165, 1.54) is 0 Å². The van der Waals surface area contributed by atoms with Crippen molar-refractivity contribution in [2.75, 3.05) is 18.1 Å². The molecule has 4 rings (SSSR count). The molecule has 0 N–H and O–H groups in total. The van der Waals surface area contributed by atoms with Crippen molar-refractivity contribution in [1.82, 2.24) is 9.88 Å². The van der Waals surface area contributed by atoms with Gasteiger partial charge in [-0.2, -0.15) is 0 Å². The van der Waals surface area contributed by atoms with Crippen molar-refractivity contribution in [2.24, 2.45) is 0 Å². The number of benzene rings is 1. The Balaban J connectivity index is 1.48. The van der Waals surface area contributed by atoms with Crippen molar-refractivity contribution < 1.29 is 22.7 Å². The number of esters is 1. The molecule has 1 atom stereocenters. The van der Waals surface area contributed by atoms with Gasteiger partial charge in [0.25, 0.3) is 5.91 Å². The smallest absolute Gasteiger partial charge is 0.339 e. The van der Waals surface area contributed by atoms with Crippen LogP contribution in [0.25, 0.3) is 10.9 Å². The van der Waals surface area contributed by atoms with Crippen LogP contribution in [0.4, 0.5) is 0 Å². The molecule has 1 amide bonds. The van der Waals surface area contributed by atoms with E-state index in [1.807, 2.05) is 0 Å². The Morgan fingerprint density at radius 1 is 1.07 bits per heavy atom. The number of rotatable bonds is 5. The Morgan fingerprint density at radius 2 is 1.86 bits per heavy atom. The standard InChI is InChI=1S/C21H24N2O5S/c24-20(23(15-5-1-2-6-15)16-10-12-29(26,27)14-16)13-28-21(25)18-7-3-9-19-17(18)8-4-11-22-19/h3-4,7-9,11,15-16H,1-2,5-6,10,12-14H2. The zero-order valence-corrected chi connectivity index (χ0v) is 16.9. The van der Waals surface area contributed by atoms with E-state index in [2.05, 4.69) is 4.98 Å². The number of nitrogens with zero attached hydrogens (tertiary/aromatic N) is 2. The van der Waals surface area contributed by atoms with E-state index in [1.54, 1.807) is 41.4 Å². The highest BCUT2D eigenvalue weighted by atomic mass is 32.2. The maximum absolute atomic E-state index is 13.0.